The molecular formula is C22H23F3N4O. The standard InChI is InChI=1S/C22H23F3N4O/c1-3-4-5-15-6-8-17(9-7-15)28-21-26-14-19(22(23,24)25)20(29-21)27-16-10-12-18(30-2)13-11-16/h6-14H,3-5H2,1-2H3,(H2,26,27,28,29). The number of nitrogens with zero attached hydrogens (tertiary/aromatic N) is 2. The third kappa shape index (κ3) is 5.62. The first-order valence-electron chi connectivity index (χ1n) is 9.60. The number of aryl methyl sites for hydroxylation is 1. The highest BCUT2D eigenvalue weighted by atomic mass is 19.4. The van der Waals surface area contributed by atoms with Gasteiger partial charge in [-0.15, -0.1) is 0 Å². The molecule has 158 valence electrons. The summed E-state index contributed by atoms with van der Waals surface area (Å²) in [7, 11) is 1.52. The second kappa shape index (κ2) is 9.47. The van der Waals surface area contributed by atoms with E-state index in [1.54, 1.807) is 24.3 Å². The maximum Gasteiger partial charge on any atom is 0.421 e. The van der Waals surface area contributed by atoms with Gasteiger partial charge < -0.3 is 15.4 Å². The molecule has 3 aromatic rings. The molecule has 2 aromatic carbocycles. The van der Waals surface area contributed by atoms with E-state index < -0.39 is 11.7 Å². The van der Waals surface area contributed by atoms with Crippen molar-refractivity contribution < 1.29 is 17.9 Å². The number of halogens is 3. The molecule has 1 heterocycles. The minimum absolute atomic E-state index is 0.0697. The highest BCUT2D eigenvalue weighted by molar-refractivity contribution is 5.63. The summed E-state index contributed by atoms with van der Waals surface area (Å²) in [6, 6.07) is 14.2. The van der Waals surface area contributed by atoms with Gasteiger partial charge in [-0.25, -0.2) is 4.98 Å². The summed E-state index contributed by atoms with van der Waals surface area (Å²) >= 11 is 0. The number of nitrogens with one attached hydrogen (secondary N) is 2. The van der Waals surface area contributed by atoms with Gasteiger partial charge in [-0.2, -0.15) is 18.2 Å². The zero-order chi connectivity index (χ0) is 21.6. The van der Waals surface area contributed by atoms with Crippen LogP contribution in [0.25, 0.3) is 0 Å². The van der Waals surface area contributed by atoms with E-state index in [2.05, 4.69) is 27.5 Å². The molecule has 0 saturated carbocycles. The zero-order valence-corrected chi connectivity index (χ0v) is 16.8. The number of hydrogen-bond acceptors (Lipinski definition) is 5. The Morgan fingerprint density at radius 2 is 1.57 bits per heavy atom. The highest BCUT2D eigenvalue weighted by Crippen LogP contribution is 2.35. The van der Waals surface area contributed by atoms with Crippen molar-refractivity contribution in [1.29, 1.82) is 0 Å². The van der Waals surface area contributed by atoms with Gasteiger partial charge in [-0.1, -0.05) is 25.5 Å². The Balaban J connectivity index is 1.82. The fraction of sp³-hybridized carbons (Fsp3) is 0.273. The van der Waals surface area contributed by atoms with E-state index in [1.807, 2.05) is 24.3 Å². The van der Waals surface area contributed by atoms with Crippen molar-refractivity contribution in [3.05, 3.63) is 65.9 Å². The molecule has 0 atom stereocenters. The average Bonchev–Trinajstić information content (AvgIpc) is 2.73. The van der Waals surface area contributed by atoms with Crippen molar-refractivity contribution >= 4 is 23.1 Å². The van der Waals surface area contributed by atoms with Crippen LogP contribution >= 0.6 is 0 Å². The molecule has 1 aromatic heterocycles. The van der Waals surface area contributed by atoms with Crippen LogP contribution in [-0.2, 0) is 12.6 Å². The molecule has 0 bridgehead atoms. The van der Waals surface area contributed by atoms with Crippen molar-refractivity contribution in [2.45, 2.75) is 32.4 Å². The Morgan fingerprint density at radius 3 is 2.17 bits per heavy atom. The normalized spacial score (nSPS) is 11.2. The average molecular weight is 416 g/mol. The fourth-order valence-electron chi connectivity index (χ4n) is 2.82. The second-order valence-electron chi connectivity index (χ2n) is 6.73. The van der Waals surface area contributed by atoms with Crippen LogP contribution in [0.3, 0.4) is 0 Å². The number of unbranched alkanes of at least 4 members (excludes halogenated alkanes) is 1. The van der Waals surface area contributed by atoms with Crippen LogP contribution in [0.2, 0.25) is 0 Å². The van der Waals surface area contributed by atoms with Crippen molar-refractivity contribution in [2.24, 2.45) is 0 Å². The lowest BCUT2D eigenvalue weighted by molar-refractivity contribution is -0.137. The number of hydrogen-bond donors (Lipinski definition) is 2. The molecule has 0 fully saturated rings. The van der Waals surface area contributed by atoms with Gasteiger partial charge in [0.1, 0.15) is 17.1 Å². The van der Waals surface area contributed by atoms with Crippen LogP contribution in [0.1, 0.15) is 30.9 Å². The van der Waals surface area contributed by atoms with E-state index in [-0.39, 0.29) is 11.8 Å². The molecule has 0 aliphatic rings. The molecule has 0 unspecified atom stereocenters. The van der Waals surface area contributed by atoms with Gasteiger partial charge in [0, 0.05) is 17.6 Å². The van der Waals surface area contributed by atoms with E-state index in [0.29, 0.717) is 17.1 Å². The van der Waals surface area contributed by atoms with Gasteiger partial charge in [0.2, 0.25) is 5.95 Å². The number of methoxy groups -OCH3 is 1. The Labute approximate surface area is 173 Å². The zero-order valence-electron chi connectivity index (χ0n) is 16.8. The summed E-state index contributed by atoms with van der Waals surface area (Å²) in [4.78, 5) is 7.90. The predicted octanol–water partition coefficient (Wildman–Crippen LogP) is 6.33. The highest BCUT2D eigenvalue weighted by Gasteiger charge is 2.35. The Hall–Kier alpha value is -3.29. The minimum atomic E-state index is -4.59. The van der Waals surface area contributed by atoms with Gasteiger partial charge in [-0.3, -0.25) is 0 Å². The molecule has 30 heavy (non-hydrogen) atoms. The summed E-state index contributed by atoms with van der Waals surface area (Å²) < 4.78 is 45.3. The molecule has 0 aliphatic heterocycles. The maximum absolute atomic E-state index is 13.4. The fourth-order valence-corrected chi connectivity index (χ4v) is 2.82. The third-order valence-corrected chi connectivity index (χ3v) is 4.48. The molecule has 2 N–H and O–H groups in total. The predicted molar refractivity (Wildman–Crippen MR) is 112 cm³/mol. The molecule has 5 nitrogen and oxygen atoms in total. The van der Waals surface area contributed by atoms with Gasteiger partial charge in [0.25, 0.3) is 0 Å². The lowest BCUT2D eigenvalue weighted by atomic mass is 10.1. The number of ether oxygens (including phenoxy) is 1. The maximum atomic E-state index is 13.4. The molecule has 0 radical (unpaired) electrons. The molecule has 0 aliphatic carbocycles. The molecule has 8 heteroatoms. The quantitative estimate of drug-likeness (QED) is 0.449. The Morgan fingerprint density at radius 1 is 0.933 bits per heavy atom. The van der Waals surface area contributed by atoms with E-state index in [9.17, 15) is 13.2 Å². The van der Waals surface area contributed by atoms with Crippen LogP contribution in [0.15, 0.2) is 54.7 Å². The van der Waals surface area contributed by atoms with E-state index in [0.717, 1.165) is 25.5 Å². The summed E-state index contributed by atoms with van der Waals surface area (Å²) in [5.74, 6) is 0.342. The van der Waals surface area contributed by atoms with Crippen LogP contribution in [0.4, 0.5) is 36.3 Å². The first-order valence-corrected chi connectivity index (χ1v) is 9.60. The first kappa shape index (κ1) is 21.4. The molecular weight excluding hydrogens is 393 g/mol. The monoisotopic (exact) mass is 416 g/mol. The van der Waals surface area contributed by atoms with Crippen molar-refractivity contribution in [3.8, 4) is 5.75 Å². The third-order valence-electron chi connectivity index (χ3n) is 4.48. The lowest BCUT2D eigenvalue weighted by Crippen LogP contribution is -2.12. The summed E-state index contributed by atoms with van der Waals surface area (Å²) in [5, 5.41) is 5.68. The minimum Gasteiger partial charge on any atom is -0.497 e. The number of rotatable bonds is 8. The topological polar surface area (TPSA) is 59.1 Å². The smallest absolute Gasteiger partial charge is 0.421 e. The van der Waals surface area contributed by atoms with Gasteiger partial charge in [-0.05, 0) is 54.8 Å². The molecule has 0 spiro atoms. The number of anilines is 4. The molecule has 3 rings (SSSR count). The van der Waals surface area contributed by atoms with E-state index in [4.69, 9.17) is 4.74 Å². The summed E-state index contributed by atoms with van der Waals surface area (Å²) in [6.07, 6.45) is -0.604. The largest absolute Gasteiger partial charge is 0.497 e. The second-order valence-corrected chi connectivity index (χ2v) is 6.73. The van der Waals surface area contributed by atoms with Gasteiger partial charge in [0.05, 0.1) is 7.11 Å². The van der Waals surface area contributed by atoms with Crippen LogP contribution in [-0.4, -0.2) is 17.1 Å². The molecule has 0 saturated heterocycles. The first-order chi connectivity index (χ1) is 14.4. The SMILES string of the molecule is CCCCc1ccc(Nc2ncc(C(F)(F)F)c(Nc3ccc(OC)cc3)n2)cc1. The van der Waals surface area contributed by atoms with Crippen LogP contribution in [0.5, 0.6) is 5.75 Å². The summed E-state index contributed by atoms with van der Waals surface area (Å²) in [6.45, 7) is 2.13. The lowest BCUT2D eigenvalue weighted by Gasteiger charge is -2.15. The van der Waals surface area contributed by atoms with E-state index in [1.165, 1.54) is 12.7 Å². The number of alkyl halides is 3. The van der Waals surface area contributed by atoms with Gasteiger partial charge in [0.15, 0.2) is 0 Å². The van der Waals surface area contributed by atoms with Crippen molar-refractivity contribution in [2.75, 3.05) is 17.7 Å². The molecule has 0 amide bonds. The van der Waals surface area contributed by atoms with Crippen molar-refractivity contribution in [1.82, 2.24) is 9.97 Å². The van der Waals surface area contributed by atoms with E-state index >= 15 is 0 Å². The van der Waals surface area contributed by atoms with Crippen molar-refractivity contribution in [3.63, 3.8) is 0 Å². The Kier molecular flexibility index (Phi) is 6.76. The summed E-state index contributed by atoms with van der Waals surface area (Å²) in [5.41, 5.74) is 1.41. The number of aromatic nitrogens is 2. The Bertz CT molecular complexity index is 958. The van der Waals surface area contributed by atoms with Crippen LogP contribution in [0, 0.1) is 0 Å². The van der Waals surface area contributed by atoms with Gasteiger partial charge >= 0.3 is 6.18 Å². The number of benzene rings is 2. The van der Waals surface area contributed by atoms with Crippen LogP contribution < -0.4 is 15.4 Å².